The lowest BCUT2D eigenvalue weighted by molar-refractivity contribution is -0.138. The van der Waals surface area contributed by atoms with Gasteiger partial charge in [-0.05, 0) is 12.8 Å². The SMILES string of the molecule is CS(=O)(=O)CC1(CNC(=O)Nc2nnc(C(F)(F)F)s2)CC1. The minimum Gasteiger partial charge on any atom is -0.337 e. The first-order valence-corrected chi connectivity index (χ1v) is 9.00. The van der Waals surface area contributed by atoms with Gasteiger partial charge in [0.2, 0.25) is 10.1 Å². The molecule has 1 aromatic heterocycles. The highest BCUT2D eigenvalue weighted by Gasteiger charge is 2.45. The molecule has 0 aliphatic heterocycles. The molecular formula is C10H13F3N4O3S2. The lowest BCUT2D eigenvalue weighted by atomic mass is 10.1. The molecule has 2 N–H and O–H groups in total. The summed E-state index contributed by atoms with van der Waals surface area (Å²) in [5, 5.41) is 9.31. The van der Waals surface area contributed by atoms with Crippen LogP contribution >= 0.6 is 11.3 Å². The van der Waals surface area contributed by atoms with Crippen LogP contribution < -0.4 is 10.6 Å². The van der Waals surface area contributed by atoms with Gasteiger partial charge in [0.1, 0.15) is 9.84 Å². The van der Waals surface area contributed by atoms with Gasteiger partial charge in [-0.3, -0.25) is 5.32 Å². The van der Waals surface area contributed by atoms with Crippen molar-refractivity contribution in [1.82, 2.24) is 15.5 Å². The summed E-state index contributed by atoms with van der Waals surface area (Å²) in [5.74, 6) is -0.0304. The fourth-order valence-corrected chi connectivity index (χ4v) is 4.01. The highest BCUT2D eigenvalue weighted by molar-refractivity contribution is 7.90. The number of carbonyl (C=O) groups excluding carboxylic acids is 1. The van der Waals surface area contributed by atoms with Gasteiger partial charge in [0, 0.05) is 18.2 Å². The lowest BCUT2D eigenvalue weighted by Crippen LogP contribution is -2.36. The molecule has 0 aromatic carbocycles. The number of carbonyl (C=O) groups is 1. The largest absolute Gasteiger partial charge is 0.445 e. The van der Waals surface area contributed by atoms with Gasteiger partial charge >= 0.3 is 12.2 Å². The Bertz CT molecular complexity index is 667. The van der Waals surface area contributed by atoms with Crippen molar-refractivity contribution >= 4 is 32.3 Å². The van der Waals surface area contributed by atoms with Crippen molar-refractivity contribution in [3.05, 3.63) is 5.01 Å². The number of nitrogens with zero attached hydrogens (tertiary/aromatic N) is 2. The van der Waals surface area contributed by atoms with Crippen molar-refractivity contribution in [2.75, 3.05) is 23.9 Å². The Morgan fingerprint density at radius 2 is 2.00 bits per heavy atom. The molecule has 124 valence electrons. The van der Waals surface area contributed by atoms with Crippen molar-refractivity contribution in [3.8, 4) is 0 Å². The van der Waals surface area contributed by atoms with Gasteiger partial charge in [-0.15, -0.1) is 10.2 Å². The highest BCUT2D eigenvalue weighted by Crippen LogP contribution is 2.46. The van der Waals surface area contributed by atoms with Crippen LogP contribution in [0.3, 0.4) is 0 Å². The molecule has 0 bridgehead atoms. The number of amides is 2. The van der Waals surface area contributed by atoms with Gasteiger partial charge in [-0.1, -0.05) is 11.3 Å². The van der Waals surface area contributed by atoms with E-state index in [0.717, 1.165) is 6.26 Å². The molecule has 0 atom stereocenters. The normalized spacial score (nSPS) is 17.1. The average Bonchev–Trinajstić information content (AvgIpc) is 2.90. The number of urea groups is 1. The number of aromatic nitrogens is 2. The molecule has 1 saturated carbocycles. The smallest absolute Gasteiger partial charge is 0.337 e. The van der Waals surface area contributed by atoms with Gasteiger partial charge in [-0.2, -0.15) is 13.2 Å². The molecular weight excluding hydrogens is 345 g/mol. The minimum absolute atomic E-state index is 0.0304. The zero-order valence-electron chi connectivity index (χ0n) is 11.4. The molecule has 7 nitrogen and oxygen atoms in total. The van der Waals surface area contributed by atoms with Crippen LogP contribution in [0.1, 0.15) is 17.8 Å². The van der Waals surface area contributed by atoms with E-state index in [0.29, 0.717) is 12.8 Å². The van der Waals surface area contributed by atoms with Crippen LogP contribution in [0.4, 0.5) is 23.1 Å². The Hall–Kier alpha value is -1.43. The standard InChI is InChI=1S/C10H13F3N4O3S2/c1-22(19,20)5-9(2-3-9)4-14-7(18)15-8-17-16-6(21-8)10(11,12)13/h2-5H2,1H3,(H2,14,15,17,18). The first-order chi connectivity index (χ1) is 9.99. The number of hydrogen-bond donors (Lipinski definition) is 2. The molecule has 0 unspecified atom stereocenters. The number of sulfone groups is 1. The number of rotatable bonds is 5. The molecule has 1 fully saturated rings. The third kappa shape index (κ3) is 4.80. The number of halogens is 3. The Morgan fingerprint density at radius 1 is 1.36 bits per heavy atom. The molecule has 1 aromatic rings. The van der Waals surface area contributed by atoms with E-state index in [2.05, 4.69) is 20.8 Å². The molecule has 12 heteroatoms. The molecule has 0 radical (unpaired) electrons. The first-order valence-electron chi connectivity index (χ1n) is 6.12. The summed E-state index contributed by atoms with van der Waals surface area (Å²) in [6.07, 6.45) is -2.14. The van der Waals surface area contributed by atoms with E-state index >= 15 is 0 Å². The molecule has 0 saturated heterocycles. The second-order valence-electron chi connectivity index (χ2n) is 5.29. The van der Waals surface area contributed by atoms with Crippen molar-refractivity contribution < 1.29 is 26.4 Å². The van der Waals surface area contributed by atoms with E-state index < -0.39 is 32.5 Å². The van der Waals surface area contributed by atoms with Crippen molar-refractivity contribution in [2.45, 2.75) is 19.0 Å². The van der Waals surface area contributed by atoms with Crippen molar-refractivity contribution in [3.63, 3.8) is 0 Å². The maximum atomic E-state index is 12.3. The number of hydrogen-bond acceptors (Lipinski definition) is 6. The predicted molar refractivity (Wildman–Crippen MR) is 73.3 cm³/mol. The van der Waals surface area contributed by atoms with Crippen LogP contribution in [0, 0.1) is 5.41 Å². The maximum absolute atomic E-state index is 12.3. The van der Waals surface area contributed by atoms with Crippen LogP contribution in [0.25, 0.3) is 0 Å². The van der Waals surface area contributed by atoms with E-state index in [9.17, 15) is 26.4 Å². The van der Waals surface area contributed by atoms with Crippen LogP contribution in [0.5, 0.6) is 0 Å². The average molecular weight is 358 g/mol. The van der Waals surface area contributed by atoms with Gasteiger partial charge in [0.25, 0.3) is 0 Å². The Morgan fingerprint density at radius 3 is 2.45 bits per heavy atom. The summed E-state index contributed by atoms with van der Waals surface area (Å²) in [6, 6.07) is -0.746. The van der Waals surface area contributed by atoms with Crippen LogP contribution in [-0.2, 0) is 16.0 Å². The maximum Gasteiger partial charge on any atom is 0.445 e. The van der Waals surface area contributed by atoms with E-state index in [1.165, 1.54) is 0 Å². The molecule has 2 rings (SSSR count). The zero-order valence-corrected chi connectivity index (χ0v) is 13.0. The third-order valence-electron chi connectivity index (χ3n) is 3.04. The summed E-state index contributed by atoms with van der Waals surface area (Å²) in [7, 11) is -3.16. The molecule has 2 amide bonds. The van der Waals surface area contributed by atoms with Crippen LogP contribution in [-0.4, -0.2) is 43.2 Å². The fourth-order valence-electron chi connectivity index (χ4n) is 1.90. The molecule has 1 heterocycles. The van der Waals surface area contributed by atoms with E-state index in [4.69, 9.17) is 0 Å². The monoisotopic (exact) mass is 358 g/mol. The molecule has 1 aliphatic rings. The number of anilines is 1. The van der Waals surface area contributed by atoms with E-state index in [1.807, 2.05) is 0 Å². The highest BCUT2D eigenvalue weighted by atomic mass is 32.2. The number of alkyl halides is 3. The summed E-state index contributed by atoms with van der Waals surface area (Å²) < 4.78 is 59.5. The fraction of sp³-hybridized carbons (Fsp3) is 0.700. The zero-order chi connectivity index (χ0) is 16.6. The first kappa shape index (κ1) is 16.9. The second kappa shape index (κ2) is 5.65. The van der Waals surface area contributed by atoms with Gasteiger partial charge in [0.05, 0.1) is 5.75 Å². The topological polar surface area (TPSA) is 101 Å². The molecule has 1 aliphatic carbocycles. The second-order valence-corrected chi connectivity index (χ2v) is 8.41. The Balaban J connectivity index is 1.85. The summed E-state index contributed by atoms with van der Waals surface area (Å²) in [4.78, 5) is 11.6. The predicted octanol–water partition coefficient (Wildman–Crippen LogP) is 1.50. The van der Waals surface area contributed by atoms with Gasteiger partial charge < -0.3 is 5.32 Å². The van der Waals surface area contributed by atoms with Crippen molar-refractivity contribution in [2.24, 2.45) is 5.41 Å². The van der Waals surface area contributed by atoms with E-state index in [-0.39, 0.29) is 28.8 Å². The molecule has 0 spiro atoms. The Labute approximate surface area is 128 Å². The van der Waals surface area contributed by atoms with Crippen LogP contribution in [0.15, 0.2) is 0 Å². The minimum atomic E-state index is -4.61. The quantitative estimate of drug-likeness (QED) is 0.831. The van der Waals surface area contributed by atoms with Gasteiger partial charge in [0.15, 0.2) is 0 Å². The number of nitrogens with one attached hydrogen (secondary N) is 2. The molecule has 22 heavy (non-hydrogen) atoms. The summed E-state index contributed by atoms with van der Waals surface area (Å²) >= 11 is 0.212. The summed E-state index contributed by atoms with van der Waals surface area (Å²) in [6.45, 7) is 0.136. The van der Waals surface area contributed by atoms with Crippen LogP contribution in [0.2, 0.25) is 0 Å². The van der Waals surface area contributed by atoms with E-state index in [1.54, 1.807) is 0 Å². The third-order valence-corrected chi connectivity index (χ3v) is 5.06. The van der Waals surface area contributed by atoms with Gasteiger partial charge in [-0.25, -0.2) is 13.2 Å². The van der Waals surface area contributed by atoms with Crippen molar-refractivity contribution in [1.29, 1.82) is 0 Å². The summed E-state index contributed by atoms with van der Waals surface area (Å²) in [5.41, 5.74) is -0.469. The lowest BCUT2D eigenvalue weighted by Gasteiger charge is -2.14. The Kier molecular flexibility index (Phi) is 4.35.